The third-order valence-corrected chi connectivity index (χ3v) is 5.82. The zero-order valence-electron chi connectivity index (χ0n) is 16.8. The zero-order chi connectivity index (χ0) is 19.9. The highest BCUT2D eigenvalue weighted by molar-refractivity contribution is 5.79. The van der Waals surface area contributed by atoms with E-state index in [1.165, 1.54) is 0 Å². The van der Waals surface area contributed by atoms with Crippen molar-refractivity contribution in [2.45, 2.75) is 12.8 Å². The maximum Gasteiger partial charge on any atom is 0.225 e. The molecule has 3 heterocycles. The second-order valence-corrected chi connectivity index (χ2v) is 7.65. The fraction of sp³-hybridized carbons (Fsp3) is 0.500. The van der Waals surface area contributed by atoms with E-state index in [-0.39, 0.29) is 5.92 Å². The SMILES string of the molecule is O=C(C1CCN(c2cnccn2)CC1)N1CCN(CCOc2ccccc2)CC1. The van der Waals surface area contributed by atoms with Crippen molar-refractivity contribution in [3.63, 3.8) is 0 Å². The van der Waals surface area contributed by atoms with Gasteiger partial charge in [-0.05, 0) is 25.0 Å². The Morgan fingerprint density at radius 2 is 1.76 bits per heavy atom. The number of nitrogens with zero attached hydrogens (tertiary/aromatic N) is 5. The summed E-state index contributed by atoms with van der Waals surface area (Å²) in [6.07, 6.45) is 6.98. The molecule has 0 radical (unpaired) electrons. The minimum absolute atomic E-state index is 0.135. The molecule has 1 aromatic carbocycles. The molecule has 0 spiro atoms. The Morgan fingerprint density at radius 1 is 1.00 bits per heavy atom. The molecule has 154 valence electrons. The maximum atomic E-state index is 12.9. The van der Waals surface area contributed by atoms with Gasteiger partial charge in [-0.3, -0.25) is 14.7 Å². The summed E-state index contributed by atoms with van der Waals surface area (Å²) in [7, 11) is 0. The Bertz CT molecular complexity index is 757. The normalized spacial score (nSPS) is 18.6. The first-order valence-electron chi connectivity index (χ1n) is 10.5. The number of para-hydroxylation sites is 1. The molecule has 7 heteroatoms. The zero-order valence-corrected chi connectivity index (χ0v) is 16.8. The van der Waals surface area contributed by atoms with Gasteiger partial charge in [0.05, 0.1) is 6.20 Å². The number of piperidine rings is 1. The Kier molecular flexibility index (Phi) is 6.56. The quantitative estimate of drug-likeness (QED) is 0.745. The fourth-order valence-corrected chi connectivity index (χ4v) is 4.07. The average Bonchev–Trinajstić information content (AvgIpc) is 2.80. The van der Waals surface area contributed by atoms with Crippen LogP contribution in [0.5, 0.6) is 5.75 Å². The van der Waals surface area contributed by atoms with Crippen molar-refractivity contribution < 1.29 is 9.53 Å². The minimum Gasteiger partial charge on any atom is -0.492 e. The molecule has 29 heavy (non-hydrogen) atoms. The first kappa shape index (κ1) is 19.6. The smallest absolute Gasteiger partial charge is 0.225 e. The van der Waals surface area contributed by atoms with Crippen LogP contribution in [0.3, 0.4) is 0 Å². The number of rotatable bonds is 6. The van der Waals surface area contributed by atoms with Crippen LogP contribution in [0.4, 0.5) is 5.82 Å². The number of ether oxygens (including phenoxy) is 1. The first-order valence-corrected chi connectivity index (χ1v) is 10.5. The van der Waals surface area contributed by atoms with Crippen LogP contribution in [-0.2, 0) is 4.79 Å². The second-order valence-electron chi connectivity index (χ2n) is 7.65. The highest BCUT2D eigenvalue weighted by Crippen LogP contribution is 2.23. The van der Waals surface area contributed by atoms with Crippen molar-refractivity contribution in [1.29, 1.82) is 0 Å². The molecule has 0 aliphatic carbocycles. The lowest BCUT2D eigenvalue weighted by molar-refractivity contribution is -0.138. The van der Waals surface area contributed by atoms with E-state index in [0.717, 1.165) is 70.2 Å². The molecular weight excluding hydrogens is 366 g/mol. The van der Waals surface area contributed by atoms with E-state index in [9.17, 15) is 4.79 Å². The Labute approximate surface area is 172 Å². The maximum absolute atomic E-state index is 12.9. The van der Waals surface area contributed by atoms with E-state index in [2.05, 4.69) is 24.7 Å². The number of hydrogen-bond donors (Lipinski definition) is 0. The second kappa shape index (κ2) is 9.69. The monoisotopic (exact) mass is 395 g/mol. The van der Waals surface area contributed by atoms with Gasteiger partial charge in [-0.1, -0.05) is 18.2 Å². The van der Waals surface area contributed by atoms with Crippen LogP contribution in [0.25, 0.3) is 0 Å². The third-order valence-electron chi connectivity index (χ3n) is 5.82. The molecule has 0 N–H and O–H groups in total. The molecule has 0 atom stereocenters. The van der Waals surface area contributed by atoms with E-state index in [0.29, 0.717) is 12.5 Å². The first-order chi connectivity index (χ1) is 14.3. The number of amides is 1. The summed E-state index contributed by atoms with van der Waals surface area (Å²) in [5.41, 5.74) is 0. The van der Waals surface area contributed by atoms with E-state index in [1.807, 2.05) is 30.3 Å². The number of benzene rings is 1. The van der Waals surface area contributed by atoms with E-state index in [1.54, 1.807) is 18.6 Å². The van der Waals surface area contributed by atoms with E-state index >= 15 is 0 Å². The molecule has 2 aromatic rings. The molecule has 1 amide bonds. The van der Waals surface area contributed by atoms with Crippen LogP contribution in [-0.4, -0.2) is 78.1 Å². The molecule has 2 saturated heterocycles. The van der Waals surface area contributed by atoms with Gasteiger partial charge >= 0.3 is 0 Å². The van der Waals surface area contributed by atoms with Gasteiger partial charge in [-0.15, -0.1) is 0 Å². The Hall–Kier alpha value is -2.67. The van der Waals surface area contributed by atoms with Gasteiger partial charge < -0.3 is 14.5 Å². The lowest BCUT2D eigenvalue weighted by Gasteiger charge is -2.38. The molecule has 0 saturated carbocycles. The summed E-state index contributed by atoms with van der Waals surface area (Å²) in [5, 5.41) is 0. The van der Waals surface area contributed by atoms with Gasteiger partial charge in [0, 0.05) is 64.1 Å². The average molecular weight is 396 g/mol. The molecule has 4 rings (SSSR count). The fourth-order valence-electron chi connectivity index (χ4n) is 4.07. The molecular formula is C22H29N5O2. The molecule has 2 aliphatic heterocycles. The summed E-state index contributed by atoms with van der Waals surface area (Å²) in [6, 6.07) is 9.91. The molecule has 0 unspecified atom stereocenters. The van der Waals surface area contributed by atoms with Crippen LogP contribution in [0.15, 0.2) is 48.9 Å². The third kappa shape index (κ3) is 5.23. The predicted molar refractivity (Wildman–Crippen MR) is 112 cm³/mol. The number of carbonyl (C=O) groups is 1. The van der Waals surface area contributed by atoms with Crippen molar-refractivity contribution in [3.8, 4) is 5.75 Å². The largest absolute Gasteiger partial charge is 0.492 e. The number of hydrogen-bond acceptors (Lipinski definition) is 6. The highest BCUT2D eigenvalue weighted by atomic mass is 16.5. The number of anilines is 1. The molecule has 2 fully saturated rings. The van der Waals surface area contributed by atoms with Crippen molar-refractivity contribution >= 4 is 11.7 Å². The van der Waals surface area contributed by atoms with Crippen LogP contribution in [0, 0.1) is 5.92 Å². The van der Waals surface area contributed by atoms with Gasteiger partial charge in [0.15, 0.2) is 0 Å². The number of carbonyl (C=O) groups excluding carboxylic acids is 1. The molecule has 7 nitrogen and oxygen atoms in total. The molecule has 1 aromatic heterocycles. The van der Waals surface area contributed by atoms with Gasteiger partial charge in [-0.25, -0.2) is 4.98 Å². The highest BCUT2D eigenvalue weighted by Gasteiger charge is 2.30. The lowest BCUT2D eigenvalue weighted by atomic mass is 9.95. The van der Waals surface area contributed by atoms with Gasteiger partial charge in [0.25, 0.3) is 0 Å². The van der Waals surface area contributed by atoms with E-state index < -0.39 is 0 Å². The number of piperazine rings is 1. The van der Waals surface area contributed by atoms with Crippen molar-refractivity contribution in [2.24, 2.45) is 5.92 Å². The van der Waals surface area contributed by atoms with Crippen molar-refractivity contribution in [2.75, 3.05) is 57.3 Å². The summed E-state index contributed by atoms with van der Waals surface area (Å²) >= 11 is 0. The minimum atomic E-state index is 0.135. The van der Waals surface area contributed by atoms with E-state index in [4.69, 9.17) is 4.74 Å². The van der Waals surface area contributed by atoms with Crippen LogP contribution in [0.2, 0.25) is 0 Å². The summed E-state index contributed by atoms with van der Waals surface area (Å²) in [6.45, 7) is 6.78. The Balaban J connectivity index is 1.17. The van der Waals surface area contributed by atoms with Gasteiger partial charge in [-0.2, -0.15) is 0 Å². The molecule has 0 bridgehead atoms. The molecule has 2 aliphatic rings. The van der Waals surface area contributed by atoms with Crippen LogP contribution in [0.1, 0.15) is 12.8 Å². The Morgan fingerprint density at radius 3 is 2.45 bits per heavy atom. The van der Waals surface area contributed by atoms with Gasteiger partial charge in [0.1, 0.15) is 18.2 Å². The van der Waals surface area contributed by atoms with Crippen molar-refractivity contribution in [3.05, 3.63) is 48.9 Å². The lowest BCUT2D eigenvalue weighted by Crippen LogP contribution is -2.52. The van der Waals surface area contributed by atoms with Crippen molar-refractivity contribution in [1.82, 2.24) is 19.8 Å². The van der Waals surface area contributed by atoms with Gasteiger partial charge in [0.2, 0.25) is 5.91 Å². The number of aromatic nitrogens is 2. The topological polar surface area (TPSA) is 61.8 Å². The summed E-state index contributed by atoms with van der Waals surface area (Å²) in [5.74, 6) is 2.28. The van der Waals surface area contributed by atoms with Crippen LogP contribution >= 0.6 is 0 Å². The van der Waals surface area contributed by atoms with Crippen LogP contribution < -0.4 is 9.64 Å². The standard InChI is InChI=1S/C22H29N5O2/c28-22(19-6-10-26(11-7-19)21-18-23-8-9-24-21)27-14-12-25(13-15-27)16-17-29-20-4-2-1-3-5-20/h1-5,8-9,18-19H,6-7,10-17H2. The predicted octanol–water partition coefficient (Wildman–Crippen LogP) is 1.92. The summed E-state index contributed by atoms with van der Waals surface area (Å²) < 4.78 is 5.79. The summed E-state index contributed by atoms with van der Waals surface area (Å²) in [4.78, 5) is 28.1.